The van der Waals surface area contributed by atoms with Crippen LogP contribution in [0.25, 0.3) is 0 Å². The molecule has 0 bridgehead atoms. The summed E-state index contributed by atoms with van der Waals surface area (Å²) in [4.78, 5) is 15.5. The number of methoxy groups -OCH3 is 1. The third-order valence-corrected chi connectivity index (χ3v) is 2.17. The zero-order chi connectivity index (χ0) is 12.1. The molecule has 1 aromatic heterocycles. The molecule has 16 heavy (non-hydrogen) atoms. The molecule has 0 aliphatic heterocycles. The van der Waals surface area contributed by atoms with Crippen molar-refractivity contribution in [1.82, 2.24) is 10.3 Å². The fraction of sp³-hybridized carbons (Fsp3) is 0.300. The Morgan fingerprint density at radius 2 is 2.31 bits per heavy atom. The molecule has 0 unspecified atom stereocenters. The molecular weight excluding hydrogens is 205 g/mol. The van der Waals surface area contributed by atoms with Crippen molar-refractivity contribution in [3.63, 3.8) is 0 Å². The van der Waals surface area contributed by atoms with E-state index in [2.05, 4.69) is 16.3 Å². The van der Waals surface area contributed by atoms with E-state index in [1.807, 2.05) is 0 Å². The lowest BCUT2D eigenvalue weighted by atomic mass is 9.51. The minimum Gasteiger partial charge on any atom is -0.496 e. The smallest absolute Gasteiger partial charge is 0.323 e. The van der Waals surface area contributed by atoms with E-state index in [1.54, 1.807) is 19.0 Å². The molecule has 5 nitrogen and oxygen atoms in total. The van der Waals surface area contributed by atoms with E-state index >= 15 is 0 Å². The van der Waals surface area contributed by atoms with E-state index in [1.165, 1.54) is 14.2 Å². The van der Waals surface area contributed by atoms with E-state index in [9.17, 15) is 4.79 Å². The van der Waals surface area contributed by atoms with Crippen molar-refractivity contribution in [2.75, 3.05) is 14.2 Å². The zero-order valence-electron chi connectivity index (χ0n) is 9.44. The van der Waals surface area contributed by atoms with Gasteiger partial charge in [0.05, 0.1) is 12.7 Å². The Hall–Kier alpha value is -2.03. The maximum atomic E-state index is 11.4. The largest absolute Gasteiger partial charge is 0.496 e. The van der Waals surface area contributed by atoms with Crippen LogP contribution in [-0.4, -0.2) is 31.8 Å². The van der Waals surface area contributed by atoms with Crippen LogP contribution in [0.15, 0.2) is 12.1 Å². The highest BCUT2D eigenvalue weighted by molar-refractivity contribution is 6.78. The molecule has 0 aliphatic carbocycles. The summed E-state index contributed by atoms with van der Waals surface area (Å²) in [5.74, 6) is 2.30. The van der Waals surface area contributed by atoms with Crippen LogP contribution < -0.4 is 15.6 Å². The standard InChI is InChI=1S/C10H12BN3O2/c1-11(6-12)9-8(16-3)5-4-7(14-9)10(15)13-2/h4-5H,1-3H3,(H,13,15). The van der Waals surface area contributed by atoms with Gasteiger partial charge in [0, 0.05) is 13.0 Å². The Balaban J connectivity index is 3.22. The van der Waals surface area contributed by atoms with Gasteiger partial charge >= 0.3 is 6.71 Å². The number of pyridine rings is 1. The third-order valence-electron chi connectivity index (χ3n) is 2.17. The Morgan fingerprint density at radius 1 is 1.62 bits per heavy atom. The summed E-state index contributed by atoms with van der Waals surface area (Å²) in [5, 5.41) is 11.3. The Morgan fingerprint density at radius 3 is 2.81 bits per heavy atom. The van der Waals surface area contributed by atoms with E-state index in [0.29, 0.717) is 11.3 Å². The third kappa shape index (κ3) is 2.31. The summed E-state index contributed by atoms with van der Waals surface area (Å²) in [6.07, 6.45) is 0. The van der Waals surface area contributed by atoms with Crippen LogP contribution in [0.2, 0.25) is 6.82 Å². The average Bonchev–Trinajstić information content (AvgIpc) is 2.35. The lowest BCUT2D eigenvalue weighted by Crippen LogP contribution is -2.32. The molecule has 1 amide bonds. The van der Waals surface area contributed by atoms with Gasteiger partial charge in [-0.2, -0.15) is 0 Å². The molecule has 1 heterocycles. The van der Waals surface area contributed by atoms with Crippen molar-refractivity contribution in [2.45, 2.75) is 6.82 Å². The van der Waals surface area contributed by atoms with Crippen LogP contribution >= 0.6 is 0 Å². The van der Waals surface area contributed by atoms with Gasteiger partial charge in [-0.25, -0.2) is 5.26 Å². The van der Waals surface area contributed by atoms with Gasteiger partial charge in [0.25, 0.3) is 5.91 Å². The van der Waals surface area contributed by atoms with Crippen LogP contribution in [0.3, 0.4) is 0 Å². The SMILES string of the molecule is CNC(=O)c1ccc(OC)c(B(C)C#N)n1. The molecule has 82 valence electrons. The molecule has 1 N–H and O–H groups in total. The molecule has 0 saturated heterocycles. The topological polar surface area (TPSA) is 75.0 Å². The summed E-state index contributed by atoms with van der Waals surface area (Å²) >= 11 is 0. The quantitative estimate of drug-likeness (QED) is 0.714. The maximum absolute atomic E-state index is 11.4. The van der Waals surface area contributed by atoms with Crippen molar-refractivity contribution < 1.29 is 9.53 Å². The van der Waals surface area contributed by atoms with E-state index in [-0.39, 0.29) is 11.6 Å². The summed E-state index contributed by atoms with van der Waals surface area (Å²) in [6.45, 7) is 1.29. The molecule has 0 aromatic carbocycles. The predicted molar refractivity (Wildman–Crippen MR) is 61.0 cm³/mol. The normalized spacial score (nSPS) is 9.12. The monoisotopic (exact) mass is 217 g/mol. The lowest BCUT2D eigenvalue weighted by molar-refractivity contribution is 0.0958. The number of nitriles is 1. The van der Waals surface area contributed by atoms with E-state index in [0.717, 1.165) is 0 Å². The highest BCUT2D eigenvalue weighted by Crippen LogP contribution is 2.07. The van der Waals surface area contributed by atoms with Crippen LogP contribution in [0, 0.1) is 11.2 Å². The minimum atomic E-state index is -0.417. The number of amides is 1. The number of rotatable bonds is 3. The first kappa shape index (κ1) is 12.0. The van der Waals surface area contributed by atoms with Crippen LogP contribution in [0.5, 0.6) is 5.75 Å². The number of nitrogens with zero attached hydrogens (tertiary/aromatic N) is 2. The van der Waals surface area contributed by atoms with Gasteiger partial charge in [-0.15, -0.1) is 0 Å². The van der Waals surface area contributed by atoms with Crippen molar-refractivity contribution in [2.24, 2.45) is 0 Å². The number of hydrogen-bond acceptors (Lipinski definition) is 4. The predicted octanol–water partition coefficient (Wildman–Crippen LogP) is -0.156. The van der Waals surface area contributed by atoms with Gasteiger partial charge in [0.2, 0.25) is 0 Å². The van der Waals surface area contributed by atoms with Gasteiger partial charge in [0.15, 0.2) is 0 Å². The number of carbonyl (C=O) groups excluding carboxylic acids is 1. The van der Waals surface area contributed by atoms with Gasteiger partial charge in [-0.3, -0.25) is 9.78 Å². The van der Waals surface area contributed by atoms with Gasteiger partial charge in [-0.1, -0.05) is 6.82 Å². The van der Waals surface area contributed by atoms with Crippen molar-refractivity contribution >= 4 is 18.2 Å². The minimum absolute atomic E-state index is 0.278. The Labute approximate surface area is 94.5 Å². The van der Waals surface area contributed by atoms with Gasteiger partial charge in [-0.05, 0) is 12.1 Å². The van der Waals surface area contributed by atoms with Crippen LogP contribution in [-0.2, 0) is 0 Å². The van der Waals surface area contributed by atoms with E-state index in [4.69, 9.17) is 10.00 Å². The molecule has 1 aromatic rings. The molecule has 6 heteroatoms. The molecule has 1 rings (SSSR count). The van der Waals surface area contributed by atoms with Crippen molar-refractivity contribution in [1.29, 1.82) is 5.26 Å². The highest BCUT2D eigenvalue weighted by atomic mass is 16.5. The fourth-order valence-corrected chi connectivity index (χ4v) is 1.26. The molecule has 0 radical (unpaired) electrons. The second-order valence-corrected chi connectivity index (χ2v) is 3.21. The Kier molecular flexibility index (Phi) is 3.89. The summed E-state index contributed by atoms with van der Waals surface area (Å²) in [5.41, 5.74) is 0.756. The fourth-order valence-electron chi connectivity index (χ4n) is 1.26. The Bertz CT molecular complexity index is 442. The molecular formula is C10H12BN3O2. The maximum Gasteiger partial charge on any atom is 0.323 e. The molecule has 0 saturated carbocycles. The molecule has 0 aliphatic rings. The number of aromatic nitrogens is 1. The zero-order valence-corrected chi connectivity index (χ0v) is 9.44. The molecule has 0 fully saturated rings. The number of ether oxygens (including phenoxy) is 1. The van der Waals surface area contributed by atoms with Crippen molar-refractivity contribution in [3.05, 3.63) is 17.8 Å². The highest BCUT2D eigenvalue weighted by Gasteiger charge is 2.19. The van der Waals surface area contributed by atoms with Crippen LogP contribution in [0.4, 0.5) is 0 Å². The van der Waals surface area contributed by atoms with Gasteiger partial charge < -0.3 is 10.1 Å². The first-order valence-corrected chi connectivity index (χ1v) is 4.80. The first-order valence-electron chi connectivity index (χ1n) is 4.80. The first-order chi connectivity index (χ1) is 7.63. The summed E-state index contributed by atoms with van der Waals surface area (Å²) < 4.78 is 5.09. The average molecular weight is 217 g/mol. The number of nitrogens with one attached hydrogen (secondary N) is 1. The number of carbonyl (C=O) groups is 1. The number of hydrogen-bond donors (Lipinski definition) is 1. The molecule has 0 spiro atoms. The van der Waals surface area contributed by atoms with Gasteiger partial charge in [0.1, 0.15) is 11.4 Å². The van der Waals surface area contributed by atoms with Crippen molar-refractivity contribution in [3.8, 4) is 11.7 Å². The summed E-state index contributed by atoms with van der Waals surface area (Å²) in [6, 6.07) is 3.20. The van der Waals surface area contributed by atoms with E-state index < -0.39 is 6.71 Å². The lowest BCUT2D eigenvalue weighted by Gasteiger charge is -2.08. The van der Waals surface area contributed by atoms with Crippen LogP contribution in [0.1, 0.15) is 10.5 Å². The molecule has 0 atom stereocenters. The summed E-state index contributed by atoms with van der Waals surface area (Å²) in [7, 11) is 3.03. The second-order valence-electron chi connectivity index (χ2n) is 3.21. The second kappa shape index (κ2) is 5.17.